The lowest BCUT2D eigenvalue weighted by Gasteiger charge is -2.47. The van der Waals surface area contributed by atoms with E-state index >= 15 is 0 Å². The first-order valence-electron chi connectivity index (χ1n) is 7.85. The fourth-order valence-corrected chi connectivity index (χ4v) is 3.07. The van der Waals surface area contributed by atoms with E-state index in [0.29, 0.717) is 52.2 Å². The molecule has 2 aliphatic heterocycles. The molecule has 22 heavy (non-hydrogen) atoms. The molecular weight excluding hydrogens is 286 g/mol. The normalized spacial score (nSPS) is 23.1. The van der Waals surface area contributed by atoms with Crippen LogP contribution < -0.4 is 5.73 Å². The van der Waals surface area contributed by atoms with Crippen molar-refractivity contribution in [1.29, 1.82) is 0 Å². The van der Waals surface area contributed by atoms with Crippen LogP contribution in [0.1, 0.15) is 33.6 Å². The summed E-state index contributed by atoms with van der Waals surface area (Å²) >= 11 is 0. The van der Waals surface area contributed by atoms with Gasteiger partial charge in [-0.25, -0.2) is 4.79 Å². The number of piperazine rings is 1. The summed E-state index contributed by atoms with van der Waals surface area (Å²) in [5.41, 5.74) is 4.55. The van der Waals surface area contributed by atoms with E-state index in [2.05, 4.69) is 4.90 Å². The molecule has 2 aliphatic rings. The summed E-state index contributed by atoms with van der Waals surface area (Å²) in [5.74, 6) is -0.290. The number of amides is 2. The van der Waals surface area contributed by atoms with Crippen LogP contribution in [0.15, 0.2) is 0 Å². The zero-order valence-corrected chi connectivity index (χ0v) is 13.8. The summed E-state index contributed by atoms with van der Waals surface area (Å²) in [4.78, 5) is 27.9. The van der Waals surface area contributed by atoms with Crippen molar-refractivity contribution in [1.82, 2.24) is 9.80 Å². The quantitative estimate of drug-likeness (QED) is 0.806. The Hall–Kier alpha value is -1.34. The van der Waals surface area contributed by atoms with Crippen LogP contribution in [0.3, 0.4) is 0 Å². The van der Waals surface area contributed by atoms with Crippen molar-refractivity contribution < 1.29 is 19.1 Å². The maximum atomic E-state index is 12.1. The van der Waals surface area contributed by atoms with E-state index in [4.69, 9.17) is 15.2 Å². The van der Waals surface area contributed by atoms with Gasteiger partial charge >= 0.3 is 6.09 Å². The third-order valence-electron chi connectivity index (χ3n) is 4.32. The first-order valence-corrected chi connectivity index (χ1v) is 7.85. The molecule has 2 rings (SSSR count). The maximum Gasteiger partial charge on any atom is 0.410 e. The van der Waals surface area contributed by atoms with Gasteiger partial charge in [-0.15, -0.1) is 0 Å². The lowest BCUT2D eigenvalue weighted by molar-refractivity contribution is -0.139. The molecule has 2 fully saturated rings. The monoisotopic (exact) mass is 313 g/mol. The van der Waals surface area contributed by atoms with Gasteiger partial charge < -0.3 is 20.1 Å². The van der Waals surface area contributed by atoms with Crippen LogP contribution in [0.4, 0.5) is 4.79 Å². The van der Waals surface area contributed by atoms with Crippen LogP contribution in [0.2, 0.25) is 0 Å². The van der Waals surface area contributed by atoms with E-state index in [1.807, 2.05) is 20.8 Å². The number of carbonyl (C=O) groups excluding carboxylic acids is 2. The van der Waals surface area contributed by atoms with Gasteiger partial charge in [0.2, 0.25) is 5.91 Å². The number of ether oxygens (including phenoxy) is 2. The van der Waals surface area contributed by atoms with Crippen molar-refractivity contribution in [3.05, 3.63) is 0 Å². The number of primary amides is 1. The summed E-state index contributed by atoms with van der Waals surface area (Å²) in [6, 6.07) is 0. The number of carbonyl (C=O) groups is 2. The minimum Gasteiger partial charge on any atom is -0.444 e. The Kier molecular flexibility index (Phi) is 4.97. The van der Waals surface area contributed by atoms with Gasteiger partial charge in [0.05, 0.1) is 0 Å². The second kappa shape index (κ2) is 6.42. The van der Waals surface area contributed by atoms with E-state index in [0.717, 1.165) is 0 Å². The Balaban J connectivity index is 1.96. The molecule has 126 valence electrons. The average Bonchev–Trinajstić information content (AvgIpc) is 2.46. The first kappa shape index (κ1) is 17.0. The van der Waals surface area contributed by atoms with E-state index < -0.39 is 11.1 Å². The van der Waals surface area contributed by atoms with Crippen molar-refractivity contribution in [2.24, 2.45) is 5.73 Å². The Morgan fingerprint density at radius 2 is 1.64 bits per heavy atom. The summed E-state index contributed by atoms with van der Waals surface area (Å²) in [7, 11) is 0. The Morgan fingerprint density at radius 1 is 1.09 bits per heavy atom. The van der Waals surface area contributed by atoms with Gasteiger partial charge in [-0.05, 0) is 33.6 Å². The molecule has 0 aromatic heterocycles. The third kappa shape index (κ3) is 3.70. The smallest absolute Gasteiger partial charge is 0.410 e. The molecule has 7 heteroatoms. The van der Waals surface area contributed by atoms with Crippen LogP contribution in [0.5, 0.6) is 0 Å². The number of rotatable bonds is 2. The summed E-state index contributed by atoms with van der Waals surface area (Å²) in [6.45, 7) is 9.01. The number of hydrogen-bond acceptors (Lipinski definition) is 5. The molecule has 2 saturated heterocycles. The van der Waals surface area contributed by atoms with Crippen LogP contribution in [0.25, 0.3) is 0 Å². The number of nitrogens with two attached hydrogens (primary N) is 1. The van der Waals surface area contributed by atoms with E-state index in [-0.39, 0.29) is 12.0 Å². The molecule has 2 heterocycles. The molecule has 0 aliphatic carbocycles. The Bertz CT molecular complexity index is 419. The molecular formula is C15H27N3O4. The lowest BCUT2D eigenvalue weighted by atomic mass is 9.86. The standard InChI is InChI=1S/C15H27N3O4/c1-14(2,3)22-13(20)17-6-8-18(9-7-17)15(12(16)19)4-10-21-11-5-15/h4-11H2,1-3H3,(H2,16,19). The van der Waals surface area contributed by atoms with E-state index in [1.54, 1.807) is 4.90 Å². The van der Waals surface area contributed by atoms with Crippen molar-refractivity contribution in [2.45, 2.75) is 44.8 Å². The molecule has 0 aromatic rings. The van der Waals surface area contributed by atoms with Gasteiger partial charge in [0.1, 0.15) is 11.1 Å². The molecule has 0 saturated carbocycles. The van der Waals surface area contributed by atoms with E-state index in [9.17, 15) is 9.59 Å². The van der Waals surface area contributed by atoms with Crippen molar-refractivity contribution in [2.75, 3.05) is 39.4 Å². The first-order chi connectivity index (χ1) is 10.2. The highest BCUT2D eigenvalue weighted by atomic mass is 16.6. The molecule has 0 bridgehead atoms. The third-order valence-corrected chi connectivity index (χ3v) is 4.32. The highest BCUT2D eigenvalue weighted by Crippen LogP contribution is 2.29. The molecule has 0 aromatic carbocycles. The SMILES string of the molecule is CC(C)(C)OC(=O)N1CCN(C2(C(N)=O)CCOCC2)CC1. The van der Waals surface area contributed by atoms with Gasteiger partial charge in [-0.3, -0.25) is 9.69 Å². The minimum absolute atomic E-state index is 0.290. The zero-order valence-electron chi connectivity index (χ0n) is 13.8. The molecule has 7 nitrogen and oxygen atoms in total. The second-order valence-electron chi connectivity index (χ2n) is 6.96. The van der Waals surface area contributed by atoms with Crippen molar-refractivity contribution in [3.63, 3.8) is 0 Å². The number of hydrogen-bond donors (Lipinski definition) is 1. The highest BCUT2D eigenvalue weighted by Gasteiger charge is 2.45. The minimum atomic E-state index is -0.627. The molecule has 0 atom stereocenters. The predicted octanol–water partition coefficient (Wildman–Crippen LogP) is 0.574. The molecule has 0 unspecified atom stereocenters. The highest BCUT2D eigenvalue weighted by molar-refractivity contribution is 5.84. The fraction of sp³-hybridized carbons (Fsp3) is 0.867. The van der Waals surface area contributed by atoms with Crippen LogP contribution >= 0.6 is 0 Å². The molecule has 2 N–H and O–H groups in total. The van der Waals surface area contributed by atoms with Crippen LogP contribution in [-0.4, -0.2) is 72.3 Å². The van der Waals surface area contributed by atoms with E-state index in [1.165, 1.54) is 0 Å². The summed E-state index contributed by atoms with van der Waals surface area (Å²) < 4.78 is 10.7. The molecule has 2 amide bonds. The zero-order chi connectivity index (χ0) is 16.4. The van der Waals surface area contributed by atoms with Crippen LogP contribution in [0, 0.1) is 0 Å². The van der Waals surface area contributed by atoms with Gasteiger partial charge in [0.15, 0.2) is 0 Å². The van der Waals surface area contributed by atoms with Gasteiger partial charge in [0, 0.05) is 39.4 Å². The molecule has 0 radical (unpaired) electrons. The molecule has 0 spiro atoms. The second-order valence-corrected chi connectivity index (χ2v) is 6.96. The Labute approximate surface area is 131 Å². The topological polar surface area (TPSA) is 85.1 Å². The largest absolute Gasteiger partial charge is 0.444 e. The lowest BCUT2D eigenvalue weighted by Crippen LogP contribution is -2.65. The summed E-state index contributed by atoms with van der Waals surface area (Å²) in [6.07, 6.45) is 0.941. The summed E-state index contributed by atoms with van der Waals surface area (Å²) in [5, 5.41) is 0. The average molecular weight is 313 g/mol. The van der Waals surface area contributed by atoms with Gasteiger partial charge in [-0.1, -0.05) is 0 Å². The maximum absolute atomic E-state index is 12.1. The van der Waals surface area contributed by atoms with Gasteiger partial charge in [-0.2, -0.15) is 0 Å². The van der Waals surface area contributed by atoms with Crippen molar-refractivity contribution in [3.8, 4) is 0 Å². The predicted molar refractivity (Wildman–Crippen MR) is 81.4 cm³/mol. The van der Waals surface area contributed by atoms with Crippen LogP contribution in [-0.2, 0) is 14.3 Å². The Morgan fingerprint density at radius 3 is 2.09 bits per heavy atom. The van der Waals surface area contributed by atoms with Gasteiger partial charge in [0.25, 0.3) is 0 Å². The number of nitrogens with zero attached hydrogens (tertiary/aromatic N) is 2. The van der Waals surface area contributed by atoms with Crippen molar-refractivity contribution >= 4 is 12.0 Å². The fourth-order valence-electron chi connectivity index (χ4n) is 3.07.